The highest BCUT2D eigenvalue weighted by Crippen LogP contribution is 2.30. The number of nitrogens with one attached hydrogen (secondary N) is 2. The van der Waals surface area contributed by atoms with Gasteiger partial charge in [0.15, 0.2) is 5.82 Å². The molecule has 1 heterocycles. The van der Waals surface area contributed by atoms with Crippen LogP contribution in [0.15, 0.2) is 24.3 Å². The van der Waals surface area contributed by atoms with Crippen LogP contribution in [0, 0.1) is 0 Å². The van der Waals surface area contributed by atoms with Gasteiger partial charge in [-0.15, -0.1) is 10.2 Å². The smallest absolute Gasteiger partial charge is 0.188 e. The standard InChI is InChI=1S/C11H13N5/c1-2-4-9-8(3-1)5-6-10(9)12-7-11-13-15-16-14-11/h1-4,10,12H,5-7H2,(H,13,14,15,16). The average Bonchev–Trinajstić information content (AvgIpc) is 2.96. The van der Waals surface area contributed by atoms with Gasteiger partial charge in [0.25, 0.3) is 0 Å². The molecule has 0 saturated carbocycles. The molecule has 0 bridgehead atoms. The number of aromatic nitrogens is 4. The number of rotatable bonds is 3. The highest BCUT2D eigenvalue weighted by Gasteiger charge is 2.21. The summed E-state index contributed by atoms with van der Waals surface area (Å²) in [5.41, 5.74) is 2.86. The molecule has 0 saturated heterocycles. The van der Waals surface area contributed by atoms with E-state index in [2.05, 4.69) is 50.2 Å². The highest BCUT2D eigenvalue weighted by atomic mass is 15.5. The quantitative estimate of drug-likeness (QED) is 0.800. The number of aryl methyl sites for hydroxylation is 1. The van der Waals surface area contributed by atoms with E-state index in [0.717, 1.165) is 12.8 Å². The van der Waals surface area contributed by atoms with E-state index in [0.29, 0.717) is 18.4 Å². The molecule has 3 rings (SSSR count). The van der Waals surface area contributed by atoms with Gasteiger partial charge in [-0.2, -0.15) is 5.21 Å². The van der Waals surface area contributed by atoms with Crippen LogP contribution in [0.3, 0.4) is 0 Å². The van der Waals surface area contributed by atoms with E-state index < -0.39 is 0 Å². The summed E-state index contributed by atoms with van der Waals surface area (Å²) in [5, 5.41) is 17.3. The molecule has 0 spiro atoms. The van der Waals surface area contributed by atoms with Crippen LogP contribution >= 0.6 is 0 Å². The largest absolute Gasteiger partial charge is 0.303 e. The summed E-state index contributed by atoms with van der Waals surface area (Å²) < 4.78 is 0. The second-order valence-corrected chi connectivity index (χ2v) is 4.00. The Morgan fingerprint density at radius 1 is 1.38 bits per heavy atom. The van der Waals surface area contributed by atoms with Crippen LogP contribution in [0.1, 0.15) is 29.4 Å². The lowest BCUT2D eigenvalue weighted by atomic mass is 10.1. The second kappa shape index (κ2) is 4.02. The van der Waals surface area contributed by atoms with Gasteiger partial charge in [0.2, 0.25) is 0 Å². The Morgan fingerprint density at radius 3 is 3.19 bits per heavy atom. The molecular weight excluding hydrogens is 202 g/mol. The Balaban J connectivity index is 1.69. The number of fused-ring (bicyclic) bond motifs is 1. The Labute approximate surface area is 93.3 Å². The fourth-order valence-corrected chi connectivity index (χ4v) is 2.24. The maximum absolute atomic E-state index is 3.92. The minimum Gasteiger partial charge on any atom is -0.303 e. The van der Waals surface area contributed by atoms with E-state index in [1.165, 1.54) is 11.1 Å². The van der Waals surface area contributed by atoms with Gasteiger partial charge >= 0.3 is 0 Å². The Morgan fingerprint density at radius 2 is 2.31 bits per heavy atom. The average molecular weight is 215 g/mol. The zero-order chi connectivity index (χ0) is 10.8. The molecule has 0 amide bonds. The third-order valence-corrected chi connectivity index (χ3v) is 3.03. The lowest BCUT2D eigenvalue weighted by molar-refractivity contribution is 0.519. The number of hydrogen-bond acceptors (Lipinski definition) is 4. The SMILES string of the molecule is c1ccc2c(c1)CCC2NCc1nn[nH]n1. The van der Waals surface area contributed by atoms with E-state index in [-0.39, 0.29) is 0 Å². The number of H-pyrrole nitrogens is 1. The first-order chi connectivity index (χ1) is 7.93. The lowest BCUT2D eigenvalue weighted by Crippen LogP contribution is -2.19. The molecule has 2 N–H and O–H groups in total. The molecule has 1 aliphatic carbocycles. The van der Waals surface area contributed by atoms with Crippen LogP contribution in [-0.2, 0) is 13.0 Å². The predicted molar refractivity (Wildman–Crippen MR) is 58.5 cm³/mol. The third-order valence-electron chi connectivity index (χ3n) is 3.03. The molecule has 0 fully saturated rings. The number of nitrogens with zero attached hydrogens (tertiary/aromatic N) is 3. The van der Waals surface area contributed by atoms with Gasteiger partial charge < -0.3 is 5.32 Å². The van der Waals surface area contributed by atoms with Crippen LogP contribution in [0.25, 0.3) is 0 Å². The fraction of sp³-hybridized carbons (Fsp3) is 0.364. The molecule has 82 valence electrons. The number of benzene rings is 1. The van der Waals surface area contributed by atoms with Crippen LogP contribution in [-0.4, -0.2) is 20.6 Å². The molecule has 1 atom stereocenters. The van der Waals surface area contributed by atoms with Crippen molar-refractivity contribution in [2.24, 2.45) is 0 Å². The maximum atomic E-state index is 3.92. The summed E-state index contributed by atoms with van der Waals surface area (Å²) in [6.07, 6.45) is 2.30. The molecule has 0 aliphatic heterocycles. The van der Waals surface area contributed by atoms with Crippen molar-refractivity contribution in [1.29, 1.82) is 0 Å². The van der Waals surface area contributed by atoms with E-state index in [9.17, 15) is 0 Å². The summed E-state index contributed by atoms with van der Waals surface area (Å²) >= 11 is 0. The first kappa shape index (κ1) is 9.47. The summed E-state index contributed by atoms with van der Waals surface area (Å²) in [6, 6.07) is 9.00. The minimum atomic E-state index is 0.426. The van der Waals surface area contributed by atoms with Crippen molar-refractivity contribution in [2.75, 3.05) is 0 Å². The molecule has 1 unspecified atom stereocenters. The Bertz CT molecular complexity index is 465. The van der Waals surface area contributed by atoms with Crippen LogP contribution in [0.5, 0.6) is 0 Å². The van der Waals surface area contributed by atoms with Crippen molar-refractivity contribution in [3.8, 4) is 0 Å². The van der Waals surface area contributed by atoms with Crippen molar-refractivity contribution in [3.63, 3.8) is 0 Å². The van der Waals surface area contributed by atoms with Crippen molar-refractivity contribution >= 4 is 0 Å². The molecule has 5 nitrogen and oxygen atoms in total. The van der Waals surface area contributed by atoms with E-state index in [1.807, 2.05) is 0 Å². The van der Waals surface area contributed by atoms with Gasteiger partial charge in [-0.05, 0) is 24.0 Å². The topological polar surface area (TPSA) is 66.5 Å². The van der Waals surface area contributed by atoms with Crippen LogP contribution in [0.2, 0.25) is 0 Å². The Hall–Kier alpha value is -1.75. The molecule has 5 heteroatoms. The molecular formula is C11H13N5. The zero-order valence-electron chi connectivity index (χ0n) is 8.85. The molecule has 1 aromatic heterocycles. The van der Waals surface area contributed by atoms with E-state index >= 15 is 0 Å². The fourth-order valence-electron chi connectivity index (χ4n) is 2.24. The molecule has 0 radical (unpaired) electrons. The van der Waals surface area contributed by atoms with Gasteiger partial charge in [-0.25, -0.2) is 0 Å². The maximum Gasteiger partial charge on any atom is 0.188 e. The van der Waals surface area contributed by atoms with Crippen LogP contribution < -0.4 is 5.32 Å². The Kier molecular flexibility index (Phi) is 2.38. The molecule has 16 heavy (non-hydrogen) atoms. The number of hydrogen-bond donors (Lipinski definition) is 2. The summed E-state index contributed by atoms with van der Waals surface area (Å²) in [7, 11) is 0. The van der Waals surface area contributed by atoms with E-state index in [1.54, 1.807) is 0 Å². The minimum absolute atomic E-state index is 0.426. The van der Waals surface area contributed by atoms with Crippen molar-refractivity contribution in [1.82, 2.24) is 25.9 Å². The van der Waals surface area contributed by atoms with Gasteiger partial charge in [-0.1, -0.05) is 29.5 Å². The predicted octanol–water partition coefficient (Wildman–Crippen LogP) is 0.977. The van der Waals surface area contributed by atoms with Crippen molar-refractivity contribution in [3.05, 3.63) is 41.2 Å². The summed E-state index contributed by atoms with van der Waals surface area (Å²) in [5.74, 6) is 0.712. The summed E-state index contributed by atoms with van der Waals surface area (Å²) in [4.78, 5) is 0. The van der Waals surface area contributed by atoms with Crippen LogP contribution in [0.4, 0.5) is 0 Å². The van der Waals surface area contributed by atoms with Gasteiger partial charge in [0.1, 0.15) is 0 Å². The van der Waals surface area contributed by atoms with E-state index in [4.69, 9.17) is 0 Å². The number of aromatic amines is 1. The second-order valence-electron chi connectivity index (χ2n) is 4.00. The third kappa shape index (κ3) is 1.69. The molecule has 2 aromatic rings. The van der Waals surface area contributed by atoms with Crippen molar-refractivity contribution < 1.29 is 0 Å². The summed E-state index contributed by atoms with van der Waals surface area (Å²) in [6.45, 7) is 0.662. The van der Waals surface area contributed by atoms with Crippen molar-refractivity contribution in [2.45, 2.75) is 25.4 Å². The van der Waals surface area contributed by atoms with Gasteiger partial charge in [-0.3, -0.25) is 0 Å². The monoisotopic (exact) mass is 215 g/mol. The molecule has 1 aromatic carbocycles. The first-order valence-corrected chi connectivity index (χ1v) is 5.47. The highest BCUT2D eigenvalue weighted by molar-refractivity contribution is 5.34. The van der Waals surface area contributed by atoms with Gasteiger partial charge in [0.05, 0.1) is 6.54 Å². The van der Waals surface area contributed by atoms with Gasteiger partial charge in [0, 0.05) is 6.04 Å². The number of tetrazole rings is 1. The molecule has 1 aliphatic rings. The normalized spacial score (nSPS) is 18.6. The zero-order valence-corrected chi connectivity index (χ0v) is 8.85. The lowest BCUT2D eigenvalue weighted by Gasteiger charge is -2.11. The first-order valence-electron chi connectivity index (χ1n) is 5.47.